The van der Waals surface area contributed by atoms with Crippen molar-refractivity contribution in [3.8, 4) is 0 Å². The number of hydrogen-bond donors (Lipinski definition) is 0. The molecule has 0 spiro atoms. The van der Waals surface area contributed by atoms with E-state index in [4.69, 9.17) is 0 Å². The molecule has 43 heavy (non-hydrogen) atoms. The summed E-state index contributed by atoms with van der Waals surface area (Å²) in [5.41, 5.74) is -2.00. The Balaban J connectivity index is 1.58. The topological polar surface area (TPSA) is 64.2 Å². The number of sulfonamides is 1. The number of rotatable bonds is 5. The number of amides is 2. The maximum absolute atomic E-state index is 14.0. The fourth-order valence-corrected chi connectivity index (χ4v) is 6.71. The molecule has 0 radical (unpaired) electrons. The van der Waals surface area contributed by atoms with Gasteiger partial charge in [0.05, 0.1) is 23.4 Å². The van der Waals surface area contributed by atoms with E-state index < -0.39 is 57.9 Å². The molecule has 2 aromatic rings. The molecule has 0 aromatic heterocycles. The highest BCUT2D eigenvalue weighted by atomic mass is 32.2. The summed E-state index contributed by atoms with van der Waals surface area (Å²) in [6.07, 6.45) is -7.94. The smallest absolute Gasteiger partial charge is 0.323 e. The molecule has 0 unspecified atom stereocenters. The van der Waals surface area contributed by atoms with E-state index in [0.29, 0.717) is 62.3 Å². The van der Waals surface area contributed by atoms with Gasteiger partial charge in [0.25, 0.3) is 0 Å². The first kappa shape index (κ1) is 33.0. The number of piperazine rings is 1. The van der Waals surface area contributed by atoms with Crippen LogP contribution in [0, 0.1) is 12.7 Å². The standard InChI is InChI=1S/C28H33F7N4O3S/c1-18-12-22(29)4-5-24(18)25-16-23(37-8-10-38(11-9-37)43(3,41)42)6-7-39(25)26(40)36(2)17-19-13-20(27(30,31)32)15-21(14-19)28(33,34)35/h4-5,12-15,23,25H,6-11,16-17H2,1-3H3/t23-,25+/m0/s1. The van der Waals surface area contributed by atoms with Crippen LogP contribution >= 0.6 is 0 Å². The Hall–Kier alpha value is -2.91. The van der Waals surface area contributed by atoms with Crippen LogP contribution in [0.1, 0.15) is 46.7 Å². The summed E-state index contributed by atoms with van der Waals surface area (Å²) in [5.74, 6) is -0.467. The molecule has 15 heteroatoms. The number of piperidine rings is 1. The van der Waals surface area contributed by atoms with Crippen LogP contribution < -0.4 is 0 Å². The van der Waals surface area contributed by atoms with Gasteiger partial charge in [-0.1, -0.05) is 6.07 Å². The average Bonchev–Trinajstić information content (AvgIpc) is 2.91. The molecule has 238 valence electrons. The first-order chi connectivity index (χ1) is 19.8. The molecule has 0 N–H and O–H groups in total. The Morgan fingerprint density at radius 3 is 2.02 bits per heavy atom. The van der Waals surface area contributed by atoms with Crippen LogP contribution in [0.25, 0.3) is 0 Å². The molecule has 7 nitrogen and oxygen atoms in total. The van der Waals surface area contributed by atoms with E-state index in [2.05, 4.69) is 4.90 Å². The number of nitrogens with zero attached hydrogens (tertiary/aromatic N) is 4. The van der Waals surface area contributed by atoms with E-state index in [1.807, 2.05) is 0 Å². The lowest BCUT2D eigenvalue weighted by molar-refractivity contribution is -0.143. The van der Waals surface area contributed by atoms with Crippen molar-refractivity contribution < 1.29 is 43.9 Å². The summed E-state index contributed by atoms with van der Waals surface area (Å²) in [4.78, 5) is 18.5. The lowest BCUT2D eigenvalue weighted by atomic mass is 9.88. The molecule has 2 aliphatic rings. The monoisotopic (exact) mass is 638 g/mol. The maximum atomic E-state index is 14.0. The molecule has 2 heterocycles. The van der Waals surface area contributed by atoms with Gasteiger partial charge < -0.3 is 9.80 Å². The summed E-state index contributed by atoms with van der Waals surface area (Å²) in [6, 6.07) is 4.22. The van der Waals surface area contributed by atoms with E-state index in [1.165, 1.54) is 28.4 Å². The van der Waals surface area contributed by atoms with E-state index in [1.54, 1.807) is 13.0 Å². The maximum Gasteiger partial charge on any atom is 0.416 e. The van der Waals surface area contributed by atoms with Crippen molar-refractivity contribution >= 4 is 16.1 Å². The molecule has 0 bridgehead atoms. The van der Waals surface area contributed by atoms with Gasteiger partial charge in [-0.3, -0.25) is 4.90 Å². The number of aryl methyl sites for hydroxylation is 1. The molecule has 2 amide bonds. The van der Waals surface area contributed by atoms with Crippen molar-refractivity contribution in [2.24, 2.45) is 0 Å². The Labute approximate surface area is 245 Å². The van der Waals surface area contributed by atoms with Crippen LogP contribution in [-0.4, -0.2) is 85.5 Å². The Morgan fingerprint density at radius 1 is 0.930 bits per heavy atom. The second kappa shape index (κ2) is 12.2. The fraction of sp³-hybridized carbons (Fsp3) is 0.536. The number of hydrogen-bond acceptors (Lipinski definition) is 4. The van der Waals surface area contributed by atoms with Crippen LogP contribution in [0.15, 0.2) is 36.4 Å². The van der Waals surface area contributed by atoms with Crippen LogP contribution in [0.4, 0.5) is 35.5 Å². The summed E-state index contributed by atoms with van der Waals surface area (Å²) in [6.45, 7) is 3.01. The predicted molar refractivity (Wildman–Crippen MR) is 145 cm³/mol. The van der Waals surface area contributed by atoms with Gasteiger partial charge >= 0.3 is 18.4 Å². The minimum absolute atomic E-state index is 0.0386. The van der Waals surface area contributed by atoms with E-state index >= 15 is 0 Å². The molecule has 0 saturated carbocycles. The number of halogens is 7. The number of likely N-dealkylation sites (tertiary alicyclic amines) is 1. The van der Waals surface area contributed by atoms with Gasteiger partial charge in [-0.2, -0.15) is 30.6 Å². The third-order valence-electron chi connectivity index (χ3n) is 8.06. The quantitative estimate of drug-likeness (QED) is 0.406. The second-order valence-electron chi connectivity index (χ2n) is 11.1. The van der Waals surface area contributed by atoms with Gasteiger partial charge in [0.15, 0.2) is 0 Å². The molecule has 2 aliphatic heterocycles. The van der Waals surface area contributed by atoms with Gasteiger partial charge in [0.1, 0.15) is 5.82 Å². The largest absolute Gasteiger partial charge is 0.416 e. The average molecular weight is 639 g/mol. The summed E-state index contributed by atoms with van der Waals surface area (Å²) in [5, 5.41) is 0. The van der Waals surface area contributed by atoms with Gasteiger partial charge in [0, 0.05) is 52.4 Å². The summed E-state index contributed by atoms with van der Waals surface area (Å²) >= 11 is 0. The van der Waals surface area contributed by atoms with Gasteiger partial charge in [0.2, 0.25) is 10.0 Å². The SMILES string of the molecule is Cc1cc(F)ccc1[C@H]1C[C@@H](N2CCN(S(C)(=O)=O)CC2)CCN1C(=O)N(C)Cc1cc(C(F)(F)F)cc(C(F)(F)F)c1. The number of carbonyl (C=O) groups is 1. The van der Waals surface area contributed by atoms with Gasteiger partial charge in [-0.05, 0) is 66.8 Å². The molecule has 4 rings (SSSR count). The van der Waals surface area contributed by atoms with Crippen LogP contribution in [0.5, 0.6) is 0 Å². The predicted octanol–water partition coefficient (Wildman–Crippen LogP) is 5.51. The highest BCUT2D eigenvalue weighted by Crippen LogP contribution is 2.38. The van der Waals surface area contributed by atoms with Crippen molar-refractivity contribution in [1.82, 2.24) is 19.0 Å². The second-order valence-corrected chi connectivity index (χ2v) is 13.1. The van der Waals surface area contributed by atoms with E-state index in [-0.39, 0.29) is 24.2 Å². The third-order valence-corrected chi connectivity index (χ3v) is 9.37. The highest BCUT2D eigenvalue weighted by Gasteiger charge is 2.40. The lowest BCUT2D eigenvalue weighted by Gasteiger charge is -2.46. The number of alkyl halides is 6. The molecule has 2 atom stereocenters. The fourth-order valence-electron chi connectivity index (χ4n) is 5.89. The van der Waals surface area contributed by atoms with Crippen LogP contribution in [-0.2, 0) is 28.9 Å². The molecular weight excluding hydrogens is 605 g/mol. The van der Waals surface area contributed by atoms with Crippen molar-refractivity contribution in [2.75, 3.05) is 46.0 Å². The van der Waals surface area contributed by atoms with Crippen molar-refractivity contribution in [2.45, 2.75) is 50.7 Å². The Morgan fingerprint density at radius 2 is 1.51 bits per heavy atom. The van der Waals surface area contributed by atoms with Crippen LogP contribution in [0.2, 0.25) is 0 Å². The Bertz CT molecular complexity index is 1410. The number of carbonyl (C=O) groups excluding carboxylic acids is 1. The summed E-state index contributed by atoms with van der Waals surface area (Å²) in [7, 11) is -2.03. The zero-order valence-corrected chi connectivity index (χ0v) is 24.7. The van der Waals surface area contributed by atoms with Crippen LogP contribution in [0.3, 0.4) is 0 Å². The van der Waals surface area contributed by atoms with Crippen molar-refractivity contribution in [1.29, 1.82) is 0 Å². The van der Waals surface area contributed by atoms with Gasteiger partial charge in [-0.15, -0.1) is 0 Å². The number of urea groups is 1. The number of benzene rings is 2. The van der Waals surface area contributed by atoms with E-state index in [0.717, 1.165) is 11.2 Å². The first-order valence-corrected chi connectivity index (χ1v) is 15.4. The normalized spacial score (nSPS) is 21.2. The van der Waals surface area contributed by atoms with Crippen molar-refractivity contribution in [3.05, 3.63) is 70.0 Å². The summed E-state index contributed by atoms with van der Waals surface area (Å²) < 4.78 is 120. The Kier molecular flexibility index (Phi) is 9.39. The highest BCUT2D eigenvalue weighted by molar-refractivity contribution is 7.88. The van der Waals surface area contributed by atoms with E-state index in [9.17, 15) is 43.9 Å². The molecule has 2 aromatic carbocycles. The molecule has 0 aliphatic carbocycles. The zero-order valence-electron chi connectivity index (χ0n) is 23.8. The molecule has 2 saturated heterocycles. The zero-order chi connectivity index (χ0) is 31.9. The first-order valence-electron chi connectivity index (χ1n) is 13.6. The minimum atomic E-state index is -5.02. The third kappa shape index (κ3) is 7.79. The lowest BCUT2D eigenvalue weighted by Crippen LogP contribution is -2.56. The molecular formula is C28H33F7N4O3S. The molecule has 2 fully saturated rings. The van der Waals surface area contributed by atoms with Gasteiger partial charge in [-0.25, -0.2) is 17.6 Å². The van der Waals surface area contributed by atoms with Crippen molar-refractivity contribution in [3.63, 3.8) is 0 Å². The minimum Gasteiger partial charge on any atom is -0.323 e.